The molecule has 0 radical (unpaired) electrons. The quantitative estimate of drug-likeness (QED) is 0.850. The average Bonchev–Trinajstić information content (AvgIpc) is 2.40. The molecule has 0 aliphatic rings. The number of pyridine rings is 1. The number of hydrogen-bond donors (Lipinski definition) is 2. The molecule has 0 unspecified atom stereocenters. The number of halogens is 1. The molecule has 5 heteroatoms. The highest BCUT2D eigenvalue weighted by Crippen LogP contribution is 2.26. The highest BCUT2D eigenvalue weighted by Gasteiger charge is 2.16. The summed E-state index contributed by atoms with van der Waals surface area (Å²) in [6, 6.07) is 9.64. The van der Waals surface area contributed by atoms with Gasteiger partial charge in [-0.3, -0.25) is 9.78 Å². The van der Waals surface area contributed by atoms with Gasteiger partial charge in [-0.25, -0.2) is 0 Å². The largest absolute Gasteiger partial charge is 0.354 e. The van der Waals surface area contributed by atoms with Crippen molar-refractivity contribution in [2.24, 2.45) is 0 Å². The lowest BCUT2D eigenvalue weighted by molar-refractivity contribution is 0.0914. The minimum Gasteiger partial charge on any atom is -0.354 e. The summed E-state index contributed by atoms with van der Waals surface area (Å²) >= 11 is 3.53. The van der Waals surface area contributed by atoms with Crippen LogP contribution >= 0.6 is 15.9 Å². The van der Waals surface area contributed by atoms with Gasteiger partial charge in [0.05, 0.1) is 5.69 Å². The third-order valence-corrected chi connectivity index (χ3v) is 3.54. The Morgan fingerprint density at radius 1 is 1.18 bits per heavy atom. The molecule has 0 aliphatic carbocycles. The Morgan fingerprint density at radius 2 is 1.91 bits per heavy atom. The molecule has 4 nitrogen and oxygen atoms in total. The second kappa shape index (κ2) is 6.48. The van der Waals surface area contributed by atoms with Crippen LogP contribution in [0.5, 0.6) is 0 Å². The van der Waals surface area contributed by atoms with Crippen molar-refractivity contribution in [1.82, 2.24) is 10.3 Å². The molecule has 2 rings (SSSR count). The van der Waals surface area contributed by atoms with Gasteiger partial charge in [-0.2, -0.15) is 0 Å². The smallest absolute Gasteiger partial charge is 0.270 e. The van der Waals surface area contributed by atoms with E-state index < -0.39 is 0 Å². The average molecular weight is 362 g/mol. The maximum atomic E-state index is 12.2. The summed E-state index contributed by atoms with van der Waals surface area (Å²) in [5, 5.41) is 6.20. The van der Waals surface area contributed by atoms with E-state index in [4.69, 9.17) is 0 Å². The highest BCUT2D eigenvalue weighted by molar-refractivity contribution is 9.10. The van der Waals surface area contributed by atoms with E-state index >= 15 is 0 Å². The SMILES string of the molecule is Cc1ccc(Nc2ccnc(C(=O)NC(C)(C)C)c2)c(Br)c1. The van der Waals surface area contributed by atoms with Gasteiger partial charge in [-0.15, -0.1) is 0 Å². The summed E-state index contributed by atoms with van der Waals surface area (Å²) in [6.07, 6.45) is 1.63. The first-order valence-electron chi connectivity index (χ1n) is 7.06. The number of hydrogen-bond acceptors (Lipinski definition) is 3. The molecule has 0 atom stereocenters. The lowest BCUT2D eigenvalue weighted by Crippen LogP contribution is -2.40. The minimum atomic E-state index is -0.290. The van der Waals surface area contributed by atoms with Gasteiger partial charge in [0.1, 0.15) is 5.69 Å². The van der Waals surface area contributed by atoms with E-state index in [0.29, 0.717) is 5.69 Å². The molecular formula is C17H20BrN3O. The Kier molecular flexibility index (Phi) is 4.86. The molecule has 2 N–H and O–H groups in total. The number of amides is 1. The number of anilines is 2. The molecule has 22 heavy (non-hydrogen) atoms. The van der Waals surface area contributed by atoms with Crippen molar-refractivity contribution >= 4 is 33.2 Å². The van der Waals surface area contributed by atoms with Crippen molar-refractivity contribution in [2.75, 3.05) is 5.32 Å². The Labute approximate surface area is 139 Å². The van der Waals surface area contributed by atoms with Gasteiger partial charge in [0.25, 0.3) is 5.91 Å². The lowest BCUT2D eigenvalue weighted by atomic mass is 10.1. The second-order valence-electron chi connectivity index (χ2n) is 6.24. The van der Waals surface area contributed by atoms with Gasteiger partial charge in [0.2, 0.25) is 0 Å². The van der Waals surface area contributed by atoms with Crippen LogP contribution in [0.2, 0.25) is 0 Å². The van der Waals surface area contributed by atoms with E-state index in [1.165, 1.54) is 5.56 Å². The Morgan fingerprint density at radius 3 is 2.55 bits per heavy atom. The number of nitrogens with zero attached hydrogens (tertiary/aromatic N) is 1. The van der Waals surface area contributed by atoms with Crippen LogP contribution in [-0.2, 0) is 0 Å². The first-order chi connectivity index (χ1) is 10.2. The molecule has 1 amide bonds. The molecule has 1 heterocycles. The molecule has 0 spiro atoms. The van der Waals surface area contributed by atoms with E-state index in [2.05, 4.69) is 31.5 Å². The van der Waals surface area contributed by atoms with Crippen LogP contribution in [0.4, 0.5) is 11.4 Å². The highest BCUT2D eigenvalue weighted by atomic mass is 79.9. The molecule has 0 saturated heterocycles. The minimum absolute atomic E-state index is 0.181. The zero-order valence-electron chi connectivity index (χ0n) is 13.2. The number of carbonyl (C=O) groups excluding carboxylic acids is 1. The van der Waals surface area contributed by atoms with Crippen molar-refractivity contribution < 1.29 is 4.79 Å². The second-order valence-corrected chi connectivity index (χ2v) is 7.10. The standard InChI is InChI=1S/C17H20BrN3O/c1-11-5-6-14(13(18)9-11)20-12-7-8-19-15(10-12)16(22)21-17(2,3)4/h5-10H,1-4H3,(H,19,20)(H,21,22). The summed E-state index contributed by atoms with van der Waals surface area (Å²) in [6.45, 7) is 7.86. The van der Waals surface area contributed by atoms with Crippen LogP contribution in [-0.4, -0.2) is 16.4 Å². The Hall–Kier alpha value is -1.88. The number of benzene rings is 1. The van der Waals surface area contributed by atoms with Crippen LogP contribution in [0.25, 0.3) is 0 Å². The summed E-state index contributed by atoms with van der Waals surface area (Å²) < 4.78 is 0.977. The number of rotatable bonds is 3. The van der Waals surface area contributed by atoms with Crippen molar-refractivity contribution in [3.05, 3.63) is 52.3 Å². The first-order valence-corrected chi connectivity index (χ1v) is 7.86. The van der Waals surface area contributed by atoms with Crippen LogP contribution in [0, 0.1) is 6.92 Å². The summed E-state index contributed by atoms with van der Waals surface area (Å²) in [7, 11) is 0. The van der Waals surface area contributed by atoms with Crippen LogP contribution in [0.15, 0.2) is 41.0 Å². The fourth-order valence-electron chi connectivity index (χ4n) is 1.91. The zero-order chi connectivity index (χ0) is 16.3. The fourth-order valence-corrected chi connectivity index (χ4v) is 2.51. The molecule has 1 aromatic heterocycles. The zero-order valence-corrected chi connectivity index (χ0v) is 14.8. The van der Waals surface area contributed by atoms with Crippen molar-refractivity contribution in [3.63, 3.8) is 0 Å². The molecule has 116 valence electrons. The molecule has 0 fully saturated rings. The Balaban J connectivity index is 2.20. The van der Waals surface area contributed by atoms with E-state index in [1.807, 2.05) is 52.0 Å². The van der Waals surface area contributed by atoms with E-state index in [0.717, 1.165) is 15.8 Å². The first kappa shape index (κ1) is 16.5. The topological polar surface area (TPSA) is 54.0 Å². The summed E-state index contributed by atoms with van der Waals surface area (Å²) in [5.41, 5.74) is 3.04. The third kappa shape index (κ3) is 4.56. The Bertz CT molecular complexity index is 693. The predicted molar refractivity (Wildman–Crippen MR) is 93.6 cm³/mol. The van der Waals surface area contributed by atoms with Gasteiger partial charge >= 0.3 is 0 Å². The van der Waals surface area contributed by atoms with E-state index in [9.17, 15) is 4.79 Å². The number of aryl methyl sites for hydroxylation is 1. The number of nitrogens with one attached hydrogen (secondary N) is 2. The molecule has 1 aromatic carbocycles. The van der Waals surface area contributed by atoms with Crippen LogP contribution in [0.1, 0.15) is 36.8 Å². The van der Waals surface area contributed by atoms with E-state index in [1.54, 1.807) is 12.3 Å². The molecule has 0 bridgehead atoms. The third-order valence-electron chi connectivity index (χ3n) is 2.88. The summed E-state index contributed by atoms with van der Waals surface area (Å²) in [5.74, 6) is -0.181. The molecular weight excluding hydrogens is 342 g/mol. The maximum Gasteiger partial charge on any atom is 0.270 e. The van der Waals surface area contributed by atoms with Gasteiger partial charge in [-0.1, -0.05) is 6.07 Å². The number of carbonyl (C=O) groups is 1. The summed E-state index contributed by atoms with van der Waals surface area (Å²) in [4.78, 5) is 16.3. The van der Waals surface area contributed by atoms with Crippen LogP contribution < -0.4 is 10.6 Å². The predicted octanol–water partition coefficient (Wildman–Crippen LogP) is 4.42. The van der Waals surface area contributed by atoms with Crippen molar-refractivity contribution in [3.8, 4) is 0 Å². The maximum absolute atomic E-state index is 12.2. The van der Waals surface area contributed by atoms with Crippen LogP contribution in [0.3, 0.4) is 0 Å². The molecule has 2 aromatic rings. The van der Waals surface area contributed by atoms with Crippen molar-refractivity contribution in [2.45, 2.75) is 33.2 Å². The molecule has 0 saturated carbocycles. The lowest BCUT2D eigenvalue weighted by Gasteiger charge is -2.20. The molecule has 0 aliphatic heterocycles. The van der Waals surface area contributed by atoms with Gasteiger partial charge < -0.3 is 10.6 Å². The number of aromatic nitrogens is 1. The van der Waals surface area contributed by atoms with Gasteiger partial charge in [0, 0.05) is 21.9 Å². The normalized spacial score (nSPS) is 11.1. The van der Waals surface area contributed by atoms with E-state index in [-0.39, 0.29) is 11.4 Å². The van der Waals surface area contributed by atoms with Gasteiger partial charge in [-0.05, 0) is 73.5 Å². The van der Waals surface area contributed by atoms with Gasteiger partial charge in [0.15, 0.2) is 0 Å². The fraction of sp³-hybridized carbons (Fsp3) is 0.294. The monoisotopic (exact) mass is 361 g/mol. The van der Waals surface area contributed by atoms with Crippen molar-refractivity contribution in [1.29, 1.82) is 0 Å².